The zero-order valence-electron chi connectivity index (χ0n) is 6.76. The lowest BCUT2D eigenvalue weighted by Crippen LogP contribution is -2.44. The van der Waals surface area contributed by atoms with E-state index in [9.17, 15) is 13.8 Å². The predicted octanol–water partition coefficient (Wildman–Crippen LogP) is 0.640. The number of nitrogens with zero attached hydrogens (tertiary/aromatic N) is 1. The topological polar surface area (TPSA) is 66.6 Å². The fourth-order valence-corrected chi connectivity index (χ4v) is 0.710. The van der Waals surface area contributed by atoms with Gasteiger partial charge in [-0.25, -0.2) is 0 Å². The van der Waals surface area contributed by atoms with Gasteiger partial charge in [0.1, 0.15) is 0 Å². The second-order valence-electron chi connectivity index (χ2n) is 2.70. The Hall–Kier alpha value is -0.750. The quantitative estimate of drug-likeness (QED) is 0.612. The van der Waals surface area contributed by atoms with Crippen LogP contribution in [-0.2, 0) is 4.79 Å². The van der Waals surface area contributed by atoms with Crippen LogP contribution in [-0.4, -0.2) is 28.5 Å². The fourth-order valence-electron chi connectivity index (χ4n) is 0.710. The summed E-state index contributed by atoms with van der Waals surface area (Å²) in [6.45, 7) is 1.17. The molecule has 0 aromatic heterocycles. The third-order valence-electron chi connectivity index (χ3n) is 1.70. The molecule has 0 saturated heterocycles. The van der Waals surface area contributed by atoms with Crippen molar-refractivity contribution >= 4 is 5.97 Å². The van der Waals surface area contributed by atoms with E-state index in [-0.39, 0.29) is 19.4 Å². The Morgan fingerprint density at radius 2 is 2.17 bits per heavy atom. The van der Waals surface area contributed by atoms with Gasteiger partial charge in [-0.3, -0.25) is 4.79 Å². The Kier molecular flexibility index (Phi) is 4.05. The maximum absolute atomic E-state index is 12.1. The molecule has 0 bridgehead atoms. The van der Waals surface area contributed by atoms with E-state index in [4.69, 9.17) is 10.8 Å². The van der Waals surface area contributed by atoms with E-state index in [2.05, 4.69) is 0 Å². The molecule has 0 saturated carbocycles. The summed E-state index contributed by atoms with van der Waals surface area (Å²) >= 11 is 0. The summed E-state index contributed by atoms with van der Waals surface area (Å²) in [7, 11) is 0. The maximum Gasteiger partial charge on any atom is 0.329 e. The Bertz CT molecular complexity index is 166. The van der Waals surface area contributed by atoms with Crippen LogP contribution in [0.5, 0.6) is 0 Å². The standard InChI is InChI=1S/C6H12F2N2O2/c1-6(5(11)12,10(7)8)3-2-4-9/h2-4,9H2,1H3,(H,11,12)/t6-/m0/s1. The highest BCUT2D eigenvalue weighted by Crippen LogP contribution is 2.22. The van der Waals surface area contributed by atoms with Gasteiger partial charge in [-0.15, -0.1) is 8.96 Å². The molecule has 0 amide bonds. The van der Waals surface area contributed by atoms with Crippen molar-refractivity contribution in [3.8, 4) is 0 Å². The van der Waals surface area contributed by atoms with Crippen LogP contribution in [0.1, 0.15) is 19.8 Å². The second kappa shape index (κ2) is 4.32. The maximum atomic E-state index is 12.1. The van der Waals surface area contributed by atoms with Crippen LogP contribution >= 0.6 is 0 Å². The van der Waals surface area contributed by atoms with Crippen molar-refractivity contribution in [2.24, 2.45) is 5.73 Å². The third-order valence-corrected chi connectivity index (χ3v) is 1.70. The number of carboxylic acids is 1. The molecule has 0 spiro atoms. The Morgan fingerprint density at radius 1 is 1.67 bits per heavy atom. The van der Waals surface area contributed by atoms with Gasteiger partial charge in [-0.1, -0.05) is 0 Å². The van der Waals surface area contributed by atoms with E-state index in [1.165, 1.54) is 0 Å². The van der Waals surface area contributed by atoms with Gasteiger partial charge in [0.25, 0.3) is 0 Å². The highest BCUT2D eigenvalue weighted by Gasteiger charge is 2.41. The summed E-state index contributed by atoms with van der Waals surface area (Å²) < 4.78 is 24.1. The molecular weight excluding hydrogens is 170 g/mol. The van der Waals surface area contributed by atoms with Crippen molar-refractivity contribution in [2.75, 3.05) is 6.54 Å². The molecule has 4 nitrogen and oxygen atoms in total. The molecule has 0 heterocycles. The van der Waals surface area contributed by atoms with Crippen LogP contribution in [0.3, 0.4) is 0 Å². The van der Waals surface area contributed by atoms with Gasteiger partial charge in [0.2, 0.25) is 0 Å². The SMILES string of the molecule is C[C@](CCCN)(C(=O)O)N(F)F. The number of hydrogen-bond acceptors (Lipinski definition) is 3. The minimum atomic E-state index is -2.11. The molecule has 0 radical (unpaired) electrons. The summed E-state index contributed by atoms with van der Waals surface area (Å²) in [4.78, 5) is 10.4. The van der Waals surface area contributed by atoms with Gasteiger partial charge >= 0.3 is 5.97 Å². The zero-order chi connectivity index (χ0) is 9.78. The van der Waals surface area contributed by atoms with E-state index in [0.717, 1.165) is 6.92 Å². The first-order valence-corrected chi connectivity index (χ1v) is 3.50. The molecule has 72 valence electrons. The smallest absolute Gasteiger partial charge is 0.329 e. The molecule has 1 atom stereocenters. The molecule has 0 aliphatic carbocycles. The van der Waals surface area contributed by atoms with Crippen molar-refractivity contribution < 1.29 is 18.9 Å². The lowest BCUT2D eigenvalue weighted by atomic mass is 9.97. The van der Waals surface area contributed by atoms with Crippen molar-refractivity contribution in [1.82, 2.24) is 5.34 Å². The van der Waals surface area contributed by atoms with Crippen LogP contribution in [0.4, 0.5) is 8.96 Å². The molecule has 0 aromatic rings. The number of rotatable bonds is 5. The average Bonchev–Trinajstić information content (AvgIpc) is 1.99. The Balaban J connectivity index is 4.29. The van der Waals surface area contributed by atoms with Crippen molar-refractivity contribution in [1.29, 1.82) is 0 Å². The molecule has 3 N–H and O–H groups in total. The van der Waals surface area contributed by atoms with Crippen LogP contribution < -0.4 is 5.73 Å². The summed E-state index contributed by atoms with van der Waals surface area (Å²) in [5.41, 5.74) is 2.97. The van der Waals surface area contributed by atoms with E-state index in [0.29, 0.717) is 0 Å². The van der Waals surface area contributed by atoms with Gasteiger partial charge in [-0.2, -0.15) is 0 Å². The molecule has 12 heavy (non-hydrogen) atoms. The lowest BCUT2D eigenvalue weighted by molar-refractivity contribution is -0.234. The predicted molar refractivity (Wildman–Crippen MR) is 38.4 cm³/mol. The number of carboxylic acid groups (broad SMARTS) is 1. The van der Waals surface area contributed by atoms with Crippen LogP contribution in [0.2, 0.25) is 0 Å². The molecule has 0 aromatic carbocycles. The highest BCUT2D eigenvalue weighted by molar-refractivity contribution is 5.77. The number of halogens is 2. The lowest BCUT2D eigenvalue weighted by Gasteiger charge is -2.23. The van der Waals surface area contributed by atoms with Gasteiger partial charge in [0, 0.05) is 5.34 Å². The molecule has 0 fully saturated rings. The number of carbonyl (C=O) groups is 1. The Morgan fingerprint density at radius 3 is 2.42 bits per heavy atom. The van der Waals surface area contributed by atoms with Gasteiger partial charge in [0.05, 0.1) is 0 Å². The molecule has 6 heteroatoms. The third kappa shape index (κ3) is 2.38. The minimum Gasteiger partial charge on any atom is -0.480 e. The van der Waals surface area contributed by atoms with Crippen LogP contribution in [0, 0.1) is 0 Å². The number of nitrogens with two attached hydrogens (primary N) is 1. The summed E-state index contributed by atoms with van der Waals surface area (Å²) in [6.07, 6.45) is 0.0962. The fraction of sp³-hybridized carbons (Fsp3) is 0.833. The zero-order valence-corrected chi connectivity index (χ0v) is 6.76. The van der Waals surface area contributed by atoms with E-state index in [1.54, 1.807) is 0 Å². The van der Waals surface area contributed by atoms with Crippen molar-refractivity contribution in [3.63, 3.8) is 0 Å². The van der Waals surface area contributed by atoms with Crippen LogP contribution in [0.25, 0.3) is 0 Å². The van der Waals surface area contributed by atoms with Gasteiger partial charge in [0.15, 0.2) is 5.54 Å². The Labute approximate surface area is 68.8 Å². The van der Waals surface area contributed by atoms with E-state index < -0.39 is 16.9 Å². The van der Waals surface area contributed by atoms with Crippen LogP contribution in [0.15, 0.2) is 0 Å². The number of hydrogen-bond donors (Lipinski definition) is 2. The molecular formula is C6H12F2N2O2. The van der Waals surface area contributed by atoms with Gasteiger partial charge < -0.3 is 10.8 Å². The van der Waals surface area contributed by atoms with Crippen molar-refractivity contribution in [3.05, 3.63) is 0 Å². The molecule has 0 aliphatic heterocycles. The second-order valence-corrected chi connectivity index (χ2v) is 2.70. The van der Waals surface area contributed by atoms with Gasteiger partial charge in [-0.05, 0) is 26.3 Å². The largest absolute Gasteiger partial charge is 0.480 e. The van der Waals surface area contributed by atoms with E-state index in [1.807, 2.05) is 0 Å². The highest BCUT2D eigenvalue weighted by atomic mass is 19.4. The molecule has 0 unspecified atom stereocenters. The van der Waals surface area contributed by atoms with Crippen molar-refractivity contribution in [2.45, 2.75) is 25.3 Å². The monoisotopic (exact) mass is 182 g/mol. The first-order valence-electron chi connectivity index (χ1n) is 3.50. The molecule has 0 aliphatic rings. The first kappa shape index (κ1) is 11.2. The number of aliphatic carboxylic acids is 1. The summed E-state index contributed by atoms with van der Waals surface area (Å²) in [5, 5.41) is 7.18. The normalized spacial score (nSPS) is 16.1. The summed E-state index contributed by atoms with van der Waals surface area (Å²) in [5.74, 6) is -1.54. The minimum absolute atomic E-state index is 0.161. The van der Waals surface area contributed by atoms with E-state index >= 15 is 0 Å². The molecule has 0 rings (SSSR count). The summed E-state index contributed by atoms with van der Waals surface area (Å²) in [6, 6.07) is 0. The first-order chi connectivity index (χ1) is 5.45. The average molecular weight is 182 g/mol.